The summed E-state index contributed by atoms with van der Waals surface area (Å²) in [5, 5.41) is 0. The summed E-state index contributed by atoms with van der Waals surface area (Å²) in [6.07, 6.45) is 8.02. The van der Waals surface area contributed by atoms with Crippen molar-refractivity contribution in [3.8, 4) is 0 Å². The minimum atomic E-state index is -0.428. The smallest absolute Gasteiger partial charge is 0.333 e. The Labute approximate surface area is 151 Å². The van der Waals surface area contributed by atoms with Crippen molar-refractivity contribution in [1.29, 1.82) is 0 Å². The van der Waals surface area contributed by atoms with Gasteiger partial charge in [0.15, 0.2) is 0 Å². The van der Waals surface area contributed by atoms with E-state index >= 15 is 0 Å². The highest BCUT2D eigenvalue weighted by molar-refractivity contribution is 5.88. The van der Waals surface area contributed by atoms with Crippen LogP contribution in [0.4, 0.5) is 0 Å². The fourth-order valence-corrected chi connectivity index (χ4v) is 4.09. The lowest BCUT2D eigenvalue weighted by Crippen LogP contribution is -2.32. The first-order valence-electron chi connectivity index (χ1n) is 9.49. The van der Waals surface area contributed by atoms with Crippen LogP contribution in [-0.2, 0) is 19.1 Å². The number of hydrogen-bond donors (Lipinski definition) is 0. The fraction of sp³-hybridized carbons (Fsp3) is 0.714. The summed E-state index contributed by atoms with van der Waals surface area (Å²) in [6.45, 7) is 13.3. The van der Waals surface area contributed by atoms with Crippen LogP contribution in [0.25, 0.3) is 0 Å². The number of hydrogen-bond acceptors (Lipinski definition) is 4. The van der Waals surface area contributed by atoms with Crippen molar-refractivity contribution >= 4 is 11.9 Å². The van der Waals surface area contributed by atoms with Crippen LogP contribution in [0.15, 0.2) is 24.3 Å². The van der Waals surface area contributed by atoms with Gasteiger partial charge in [0, 0.05) is 11.1 Å². The molecule has 0 saturated heterocycles. The summed E-state index contributed by atoms with van der Waals surface area (Å²) < 4.78 is 11.4. The van der Waals surface area contributed by atoms with Gasteiger partial charge in [-0.3, -0.25) is 0 Å². The van der Waals surface area contributed by atoms with Crippen molar-refractivity contribution in [3.63, 3.8) is 0 Å². The Balaban J connectivity index is 1.88. The maximum Gasteiger partial charge on any atom is 0.333 e. The lowest BCUT2D eigenvalue weighted by molar-refractivity contribution is -0.155. The molecule has 0 aromatic carbocycles. The van der Waals surface area contributed by atoms with E-state index in [2.05, 4.69) is 13.2 Å². The Morgan fingerprint density at radius 1 is 1.08 bits per heavy atom. The molecule has 0 aliphatic heterocycles. The highest BCUT2D eigenvalue weighted by atomic mass is 16.6. The third-order valence-electron chi connectivity index (χ3n) is 5.79. The first-order chi connectivity index (χ1) is 11.7. The maximum atomic E-state index is 12.4. The Kier molecular flexibility index (Phi) is 6.12. The molecular weight excluding hydrogens is 316 g/mol. The van der Waals surface area contributed by atoms with E-state index in [0.717, 1.165) is 51.4 Å². The maximum absolute atomic E-state index is 12.4. The van der Waals surface area contributed by atoms with Crippen LogP contribution in [-0.4, -0.2) is 23.1 Å². The van der Waals surface area contributed by atoms with E-state index in [-0.39, 0.29) is 17.5 Å². The van der Waals surface area contributed by atoms with Crippen LogP contribution in [0.1, 0.15) is 78.6 Å². The molecule has 2 unspecified atom stereocenters. The fourth-order valence-electron chi connectivity index (χ4n) is 4.09. The quantitative estimate of drug-likeness (QED) is 0.486. The number of rotatable bonds is 7. The molecule has 0 spiro atoms. The molecule has 2 saturated carbocycles. The third kappa shape index (κ3) is 4.96. The van der Waals surface area contributed by atoms with E-state index in [1.54, 1.807) is 6.92 Å². The molecule has 140 valence electrons. The van der Waals surface area contributed by atoms with Crippen LogP contribution < -0.4 is 0 Å². The van der Waals surface area contributed by atoms with E-state index in [4.69, 9.17) is 9.47 Å². The zero-order valence-corrected chi connectivity index (χ0v) is 16.0. The lowest BCUT2D eigenvalue weighted by atomic mass is 9.93. The largest absolute Gasteiger partial charge is 0.456 e. The van der Waals surface area contributed by atoms with Crippen molar-refractivity contribution in [3.05, 3.63) is 24.3 Å². The number of ether oxygens (including phenoxy) is 2. The van der Waals surface area contributed by atoms with E-state index in [1.807, 2.05) is 13.8 Å². The average molecular weight is 348 g/mol. The van der Waals surface area contributed by atoms with Crippen molar-refractivity contribution in [1.82, 2.24) is 0 Å². The molecule has 0 radical (unpaired) electrons. The molecule has 2 aliphatic carbocycles. The van der Waals surface area contributed by atoms with Crippen molar-refractivity contribution in [2.75, 3.05) is 0 Å². The van der Waals surface area contributed by atoms with Crippen molar-refractivity contribution in [2.24, 2.45) is 5.92 Å². The highest BCUT2D eigenvalue weighted by Gasteiger charge is 2.42. The number of carbonyl (C=O) groups excluding carboxylic acids is 2. The second-order valence-corrected chi connectivity index (χ2v) is 8.17. The van der Waals surface area contributed by atoms with Gasteiger partial charge in [0.2, 0.25) is 0 Å². The molecule has 0 aromatic heterocycles. The van der Waals surface area contributed by atoms with E-state index in [9.17, 15) is 9.59 Å². The van der Waals surface area contributed by atoms with Gasteiger partial charge < -0.3 is 9.47 Å². The standard InChI is InChI=1S/C21H32O4/c1-6-21(25-18(22)15(2)3)12-9-17(14-21)13-16(4)19(23)24-20(5)10-7-8-11-20/h17H,2,4,6-14H2,1,3,5H3. The van der Waals surface area contributed by atoms with Crippen molar-refractivity contribution < 1.29 is 19.1 Å². The lowest BCUT2D eigenvalue weighted by Gasteiger charge is -2.28. The molecule has 0 aromatic rings. The van der Waals surface area contributed by atoms with Gasteiger partial charge in [0.1, 0.15) is 11.2 Å². The highest BCUT2D eigenvalue weighted by Crippen LogP contribution is 2.43. The van der Waals surface area contributed by atoms with Gasteiger partial charge in [-0.25, -0.2) is 9.59 Å². The minimum absolute atomic E-state index is 0.266. The van der Waals surface area contributed by atoms with Gasteiger partial charge in [0.05, 0.1) is 0 Å². The average Bonchev–Trinajstić information content (AvgIpc) is 3.14. The van der Waals surface area contributed by atoms with Crippen LogP contribution >= 0.6 is 0 Å². The third-order valence-corrected chi connectivity index (χ3v) is 5.79. The summed E-state index contributed by atoms with van der Waals surface area (Å²) >= 11 is 0. The summed E-state index contributed by atoms with van der Waals surface area (Å²) in [6, 6.07) is 0. The Morgan fingerprint density at radius 3 is 2.28 bits per heavy atom. The van der Waals surface area contributed by atoms with E-state index < -0.39 is 5.60 Å². The SMILES string of the molecule is C=C(C)C(=O)OC1(CC)CCC(CC(=C)C(=O)OC2(C)CCCC2)C1. The van der Waals surface area contributed by atoms with Crippen molar-refractivity contribution in [2.45, 2.75) is 89.8 Å². The predicted molar refractivity (Wildman–Crippen MR) is 98.0 cm³/mol. The van der Waals surface area contributed by atoms with Crippen LogP contribution in [0.3, 0.4) is 0 Å². The molecule has 0 heterocycles. The molecule has 4 heteroatoms. The number of carbonyl (C=O) groups is 2. The first kappa shape index (κ1) is 19.7. The summed E-state index contributed by atoms with van der Waals surface area (Å²) in [7, 11) is 0. The summed E-state index contributed by atoms with van der Waals surface area (Å²) in [4.78, 5) is 24.3. The molecule has 0 bridgehead atoms. The Bertz CT molecular complexity index is 556. The molecule has 2 rings (SSSR count). The minimum Gasteiger partial charge on any atom is -0.456 e. The topological polar surface area (TPSA) is 52.6 Å². The van der Waals surface area contributed by atoms with Crippen LogP contribution in [0.5, 0.6) is 0 Å². The first-order valence-corrected chi connectivity index (χ1v) is 9.49. The molecule has 2 aliphatic rings. The predicted octanol–water partition coefficient (Wildman–Crippen LogP) is 4.88. The number of esters is 2. The zero-order valence-electron chi connectivity index (χ0n) is 16.0. The molecule has 0 N–H and O–H groups in total. The van der Waals surface area contributed by atoms with E-state index in [0.29, 0.717) is 23.5 Å². The van der Waals surface area contributed by atoms with Gasteiger partial charge in [-0.1, -0.05) is 20.1 Å². The molecule has 0 amide bonds. The van der Waals surface area contributed by atoms with Crippen LogP contribution in [0.2, 0.25) is 0 Å². The molecule has 4 nitrogen and oxygen atoms in total. The Hall–Kier alpha value is -1.58. The normalized spacial score (nSPS) is 27.7. The second kappa shape index (κ2) is 7.76. The Morgan fingerprint density at radius 2 is 1.72 bits per heavy atom. The monoisotopic (exact) mass is 348 g/mol. The summed E-state index contributed by atoms with van der Waals surface area (Å²) in [5.74, 6) is -0.290. The van der Waals surface area contributed by atoms with E-state index in [1.165, 1.54) is 0 Å². The summed E-state index contributed by atoms with van der Waals surface area (Å²) in [5.41, 5.74) is 0.215. The molecule has 2 atom stereocenters. The molecular formula is C21H32O4. The van der Waals surface area contributed by atoms with Gasteiger partial charge >= 0.3 is 11.9 Å². The van der Waals surface area contributed by atoms with Crippen LogP contribution in [0, 0.1) is 5.92 Å². The molecule has 2 fully saturated rings. The zero-order chi connectivity index (χ0) is 18.7. The van der Waals surface area contributed by atoms with Gasteiger partial charge in [-0.2, -0.15) is 0 Å². The second-order valence-electron chi connectivity index (χ2n) is 8.17. The molecule has 25 heavy (non-hydrogen) atoms. The van der Waals surface area contributed by atoms with Gasteiger partial charge in [0.25, 0.3) is 0 Å². The van der Waals surface area contributed by atoms with Gasteiger partial charge in [-0.15, -0.1) is 0 Å². The van der Waals surface area contributed by atoms with Gasteiger partial charge in [-0.05, 0) is 77.6 Å².